The molecule has 25 heavy (non-hydrogen) atoms. The Balaban J connectivity index is 1.59. The second kappa shape index (κ2) is 6.86. The Hall–Kier alpha value is -1.17. The molecule has 1 amide bonds. The lowest BCUT2D eigenvalue weighted by atomic mass is 9.86. The molecule has 1 N–H and O–H groups in total. The molecule has 138 valence electrons. The molecule has 1 aromatic carbocycles. The molecule has 0 bridgehead atoms. The Morgan fingerprint density at radius 1 is 1.20 bits per heavy atom. The fourth-order valence-corrected chi connectivity index (χ4v) is 3.87. The van der Waals surface area contributed by atoms with Crippen LogP contribution in [0.5, 0.6) is 0 Å². The molecule has 0 saturated carbocycles. The van der Waals surface area contributed by atoms with Crippen LogP contribution in [-0.2, 0) is 4.74 Å². The van der Waals surface area contributed by atoms with Gasteiger partial charge >= 0.3 is 6.09 Å². The zero-order valence-electron chi connectivity index (χ0n) is 14.9. The van der Waals surface area contributed by atoms with Gasteiger partial charge < -0.3 is 15.1 Å². The molecule has 3 rings (SSSR count). The highest BCUT2D eigenvalue weighted by Crippen LogP contribution is 2.40. The van der Waals surface area contributed by atoms with Crippen molar-refractivity contribution < 1.29 is 9.53 Å². The summed E-state index contributed by atoms with van der Waals surface area (Å²) in [5.74, 6) is 0. The molecule has 0 aliphatic carbocycles. The summed E-state index contributed by atoms with van der Waals surface area (Å²) in [5.41, 5.74) is 3.84. The summed E-state index contributed by atoms with van der Waals surface area (Å²) < 4.78 is 5.50. The lowest BCUT2D eigenvalue weighted by Gasteiger charge is -2.27. The molecule has 2 saturated heterocycles. The van der Waals surface area contributed by atoms with Gasteiger partial charge in [0, 0.05) is 36.6 Å². The maximum Gasteiger partial charge on any atom is 0.410 e. The van der Waals surface area contributed by atoms with Crippen LogP contribution in [0.4, 0.5) is 10.5 Å². The van der Waals surface area contributed by atoms with E-state index in [1.54, 1.807) is 12.1 Å². The van der Waals surface area contributed by atoms with Crippen LogP contribution in [-0.4, -0.2) is 47.8 Å². The van der Waals surface area contributed by atoms with Crippen molar-refractivity contribution in [3.05, 3.63) is 28.2 Å². The Bertz CT molecular complexity index is 662. The topological polar surface area (TPSA) is 44.8 Å². The largest absolute Gasteiger partial charge is 0.444 e. The first-order valence-corrected chi connectivity index (χ1v) is 9.36. The predicted octanol–water partition coefficient (Wildman–Crippen LogP) is 4.65. The number of hydrazine groups is 1. The summed E-state index contributed by atoms with van der Waals surface area (Å²) in [6, 6.07) is 5.39. The Morgan fingerprint density at radius 3 is 2.64 bits per heavy atom. The monoisotopic (exact) mass is 385 g/mol. The van der Waals surface area contributed by atoms with Gasteiger partial charge in [0.25, 0.3) is 0 Å². The number of carbonyl (C=O) groups excluding carboxylic acids is 1. The van der Waals surface area contributed by atoms with Crippen molar-refractivity contribution in [2.24, 2.45) is 5.41 Å². The number of nitrogens with one attached hydrogen (secondary N) is 1. The highest BCUT2D eigenvalue weighted by molar-refractivity contribution is 6.35. The van der Waals surface area contributed by atoms with E-state index >= 15 is 0 Å². The van der Waals surface area contributed by atoms with Crippen LogP contribution in [0.15, 0.2) is 18.2 Å². The molecule has 1 spiro atoms. The summed E-state index contributed by atoms with van der Waals surface area (Å²) in [4.78, 5) is 14.1. The van der Waals surface area contributed by atoms with E-state index < -0.39 is 5.60 Å². The summed E-state index contributed by atoms with van der Waals surface area (Å²) in [6.45, 7) is 8.95. The van der Waals surface area contributed by atoms with E-state index in [-0.39, 0.29) is 11.5 Å². The maximum atomic E-state index is 12.3. The minimum absolute atomic E-state index is 0.120. The lowest BCUT2D eigenvalue weighted by molar-refractivity contribution is 0.0274. The van der Waals surface area contributed by atoms with Crippen molar-refractivity contribution in [2.75, 3.05) is 31.6 Å². The first-order valence-electron chi connectivity index (χ1n) is 8.60. The Kier molecular flexibility index (Phi) is 5.11. The fourth-order valence-electron chi connectivity index (χ4n) is 3.53. The molecular formula is C18H25Cl2N3O2. The average Bonchev–Trinajstić information content (AvgIpc) is 3.09. The molecule has 0 aromatic heterocycles. The van der Waals surface area contributed by atoms with Gasteiger partial charge in [-0.3, -0.25) is 0 Å². The number of ether oxygens (including phenoxy) is 1. The number of carbonyl (C=O) groups is 1. The minimum Gasteiger partial charge on any atom is -0.444 e. The van der Waals surface area contributed by atoms with Crippen LogP contribution < -0.4 is 5.43 Å². The van der Waals surface area contributed by atoms with Crippen molar-refractivity contribution in [2.45, 2.75) is 39.2 Å². The smallest absolute Gasteiger partial charge is 0.410 e. The highest BCUT2D eigenvalue weighted by Gasteiger charge is 2.45. The van der Waals surface area contributed by atoms with Gasteiger partial charge in [0.2, 0.25) is 0 Å². The van der Waals surface area contributed by atoms with Gasteiger partial charge in [0.15, 0.2) is 0 Å². The molecule has 1 unspecified atom stereocenters. The number of likely N-dealkylation sites (tertiary alicyclic amines) is 1. The minimum atomic E-state index is -0.459. The standard InChI is InChI=1S/C18H25Cl2N3O2/c1-17(2,3)25-16(24)22-8-6-18(11-22)7-9-23(12-18)21-15-10-13(19)4-5-14(15)20/h4-5,10,21H,6-9,11-12H2,1-3H3. The van der Waals surface area contributed by atoms with Gasteiger partial charge in [0.05, 0.1) is 10.7 Å². The molecule has 0 radical (unpaired) electrons. The van der Waals surface area contributed by atoms with Crippen LogP contribution >= 0.6 is 23.2 Å². The number of hydrogen-bond acceptors (Lipinski definition) is 4. The number of anilines is 1. The van der Waals surface area contributed by atoms with E-state index in [1.165, 1.54) is 0 Å². The van der Waals surface area contributed by atoms with E-state index in [1.807, 2.05) is 31.7 Å². The number of rotatable bonds is 2. The third-order valence-corrected chi connectivity index (χ3v) is 5.30. The summed E-state index contributed by atoms with van der Waals surface area (Å²) in [6.07, 6.45) is 1.82. The van der Waals surface area contributed by atoms with Crippen molar-refractivity contribution in [1.82, 2.24) is 9.91 Å². The number of hydrogen-bond donors (Lipinski definition) is 1. The molecule has 1 atom stereocenters. The number of amides is 1. The van der Waals surface area contributed by atoms with E-state index in [0.29, 0.717) is 10.0 Å². The predicted molar refractivity (Wildman–Crippen MR) is 101 cm³/mol. The van der Waals surface area contributed by atoms with Crippen molar-refractivity contribution in [1.29, 1.82) is 0 Å². The van der Waals surface area contributed by atoms with Gasteiger partial charge in [-0.2, -0.15) is 0 Å². The van der Waals surface area contributed by atoms with Crippen LogP contribution in [0, 0.1) is 5.41 Å². The molecule has 2 aliphatic rings. The van der Waals surface area contributed by atoms with Crippen LogP contribution in [0.25, 0.3) is 0 Å². The van der Waals surface area contributed by atoms with Crippen molar-refractivity contribution in [3.8, 4) is 0 Å². The first kappa shape index (κ1) is 18.6. The fraction of sp³-hybridized carbons (Fsp3) is 0.611. The van der Waals surface area contributed by atoms with Gasteiger partial charge in [0.1, 0.15) is 5.60 Å². The lowest BCUT2D eigenvalue weighted by Crippen LogP contribution is -2.38. The maximum absolute atomic E-state index is 12.3. The van der Waals surface area contributed by atoms with Crippen LogP contribution in [0.1, 0.15) is 33.6 Å². The third-order valence-electron chi connectivity index (χ3n) is 4.74. The quantitative estimate of drug-likeness (QED) is 0.804. The molecular weight excluding hydrogens is 361 g/mol. The van der Waals surface area contributed by atoms with E-state index in [2.05, 4.69) is 10.4 Å². The van der Waals surface area contributed by atoms with E-state index in [9.17, 15) is 4.79 Å². The Morgan fingerprint density at radius 2 is 1.92 bits per heavy atom. The second-order valence-corrected chi connectivity index (χ2v) is 8.90. The van der Waals surface area contributed by atoms with E-state index in [0.717, 1.165) is 44.7 Å². The number of nitrogens with zero attached hydrogens (tertiary/aromatic N) is 2. The molecule has 7 heteroatoms. The summed E-state index contributed by atoms with van der Waals surface area (Å²) in [7, 11) is 0. The first-order chi connectivity index (χ1) is 11.7. The molecule has 2 fully saturated rings. The van der Waals surface area contributed by atoms with Crippen LogP contribution in [0.2, 0.25) is 10.0 Å². The normalized spacial score (nSPS) is 24.1. The third kappa shape index (κ3) is 4.52. The Labute approximate surface area is 159 Å². The van der Waals surface area contributed by atoms with Gasteiger partial charge in [-0.05, 0) is 51.8 Å². The molecule has 5 nitrogen and oxygen atoms in total. The number of benzene rings is 1. The van der Waals surface area contributed by atoms with E-state index in [4.69, 9.17) is 27.9 Å². The van der Waals surface area contributed by atoms with Crippen molar-refractivity contribution >= 4 is 35.0 Å². The summed E-state index contributed by atoms with van der Waals surface area (Å²) >= 11 is 12.3. The SMILES string of the molecule is CC(C)(C)OC(=O)N1CCC2(CCN(Nc3cc(Cl)ccc3Cl)C2)C1. The van der Waals surface area contributed by atoms with Gasteiger partial charge in [-0.1, -0.05) is 23.2 Å². The molecule has 2 heterocycles. The highest BCUT2D eigenvalue weighted by atomic mass is 35.5. The molecule has 2 aliphatic heterocycles. The van der Waals surface area contributed by atoms with Crippen LogP contribution in [0.3, 0.4) is 0 Å². The van der Waals surface area contributed by atoms with Crippen molar-refractivity contribution in [3.63, 3.8) is 0 Å². The van der Waals surface area contributed by atoms with Gasteiger partial charge in [-0.25, -0.2) is 9.80 Å². The summed E-state index contributed by atoms with van der Waals surface area (Å²) in [5, 5.41) is 3.46. The average molecular weight is 386 g/mol. The zero-order chi connectivity index (χ0) is 18.2. The van der Waals surface area contributed by atoms with Gasteiger partial charge in [-0.15, -0.1) is 0 Å². The molecule has 1 aromatic rings. The number of halogens is 2. The zero-order valence-corrected chi connectivity index (χ0v) is 16.5. The second-order valence-electron chi connectivity index (χ2n) is 8.06.